The number of hydrogen-bond acceptors (Lipinski definition) is 4. The molecule has 0 amide bonds. The van der Waals surface area contributed by atoms with Crippen LogP contribution >= 0.6 is 0 Å². The largest absolute Gasteiger partial charge is 0.462 e. The maximum Gasteiger partial charge on any atom is 0.343 e. The third kappa shape index (κ3) is 1.89. The van der Waals surface area contributed by atoms with Crippen molar-refractivity contribution in [1.29, 1.82) is 0 Å². The first-order valence-electron chi connectivity index (χ1n) is 5.99. The summed E-state index contributed by atoms with van der Waals surface area (Å²) in [4.78, 5) is 15.0. The van der Waals surface area contributed by atoms with Crippen molar-refractivity contribution in [3.8, 4) is 11.3 Å². The molecule has 1 N–H and O–H groups in total. The summed E-state index contributed by atoms with van der Waals surface area (Å²) >= 11 is 0. The number of esters is 1. The van der Waals surface area contributed by atoms with E-state index in [0.29, 0.717) is 17.9 Å². The van der Waals surface area contributed by atoms with E-state index in [-0.39, 0.29) is 0 Å². The zero-order chi connectivity index (χ0) is 13.2. The smallest absolute Gasteiger partial charge is 0.343 e. The van der Waals surface area contributed by atoms with Crippen molar-refractivity contribution in [2.75, 3.05) is 6.61 Å². The van der Waals surface area contributed by atoms with Gasteiger partial charge in [0.05, 0.1) is 6.61 Å². The molecule has 0 atom stereocenters. The summed E-state index contributed by atoms with van der Waals surface area (Å²) in [5.74, 6) is -0.427. The third-order valence-corrected chi connectivity index (χ3v) is 2.91. The van der Waals surface area contributed by atoms with Gasteiger partial charge >= 0.3 is 5.97 Å². The van der Waals surface area contributed by atoms with Crippen LogP contribution in [0.25, 0.3) is 22.2 Å². The van der Waals surface area contributed by atoms with Gasteiger partial charge in [-0.15, -0.1) is 0 Å². The fourth-order valence-electron chi connectivity index (χ4n) is 2.05. The van der Waals surface area contributed by atoms with E-state index in [1.807, 2.05) is 30.5 Å². The highest BCUT2D eigenvalue weighted by Gasteiger charge is 2.20. The van der Waals surface area contributed by atoms with E-state index in [1.165, 1.54) is 6.26 Å². The molecule has 0 fully saturated rings. The number of rotatable bonds is 3. The van der Waals surface area contributed by atoms with Gasteiger partial charge in [0.1, 0.15) is 17.5 Å². The average molecular weight is 256 g/mol. The number of nitrogens with zero attached hydrogens (tertiary/aromatic N) is 1. The molecule has 0 saturated carbocycles. The van der Waals surface area contributed by atoms with Crippen LogP contribution in [0.2, 0.25) is 0 Å². The number of carbonyl (C=O) groups excluding carboxylic acids is 1. The molecule has 2 aromatic heterocycles. The summed E-state index contributed by atoms with van der Waals surface area (Å²) in [7, 11) is 0. The molecule has 0 saturated heterocycles. The average Bonchev–Trinajstić information content (AvgIpc) is 3.05. The minimum Gasteiger partial charge on any atom is -0.462 e. The van der Waals surface area contributed by atoms with Gasteiger partial charge in [0.2, 0.25) is 0 Å². The quantitative estimate of drug-likeness (QED) is 0.731. The van der Waals surface area contributed by atoms with E-state index in [9.17, 15) is 4.79 Å². The van der Waals surface area contributed by atoms with Gasteiger partial charge in [0, 0.05) is 22.7 Å². The molecule has 5 heteroatoms. The zero-order valence-corrected chi connectivity index (χ0v) is 10.3. The maximum atomic E-state index is 11.8. The minimum absolute atomic E-state index is 0.317. The van der Waals surface area contributed by atoms with Gasteiger partial charge in [-0.3, -0.25) is 0 Å². The van der Waals surface area contributed by atoms with Crippen LogP contribution in [-0.2, 0) is 4.74 Å². The van der Waals surface area contributed by atoms with Crippen LogP contribution in [0.5, 0.6) is 0 Å². The number of benzene rings is 1. The molecule has 96 valence electrons. The van der Waals surface area contributed by atoms with Gasteiger partial charge in [0.25, 0.3) is 0 Å². The highest BCUT2D eigenvalue weighted by Crippen LogP contribution is 2.30. The molecular weight excluding hydrogens is 244 g/mol. The molecule has 0 bridgehead atoms. The lowest BCUT2D eigenvalue weighted by Crippen LogP contribution is -2.04. The highest BCUT2D eigenvalue weighted by molar-refractivity contribution is 6.02. The Labute approximate surface area is 109 Å². The van der Waals surface area contributed by atoms with Gasteiger partial charge in [-0.05, 0) is 13.0 Å². The maximum absolute atomic E-state index is 11.8. The lowest BCUT2D eigenvalue weighted by atomic mass is 10.1. The number of H-pyrrole nitrogens is 1. The van der Waals surface area contributed by atoms with Crippen LogP contribution in [0.15, 0.2) is 41.2 Å². The van der Waals surface area contributed by atoms with Gasteiger partial charge in [-0.1, -0.05) is 23.4 Å². The summed E-state index contributed by atoms with van der Waals surface area (Å²) in [6.45, 7) is 2.08. The molecule has 1 aromatic carbocycles. The molecule has 0 aliphatic heterocycles. The zero-order valence-electron chi connectivity index (χ0n) is 10.3. The third-order valence-electron chi connectivity index (χ3n) is 2.91. The van der Waals surface area contributed by atoms with E-state index < -0.39 is 5.97 Å². The van der Waals surface area contributed by atoms with E-state index in [2.05, 4.69) is 10.1 Å². The Morgan fingerprint density at radius 2 is 2.26 bits per heavy atom. The van der Waals surface area contributed by atoms with Crippen molar-refractivity contribution in [3.63, 3.8) is 0 Å². The number of hydrogen-bond donors (Lipinski definition) is 1. The first kappa shape index (κ1) is 11.5. The molecule has 3 aromatic rings. The predicted octanol–water partition coefficient (Wildman–Crippen LogP) is 3.00. The number of nitrogens with one attached hydrogen (secondary N) is 1. The molecule has 0 radical (unpaired) electrons. The number of fused-ring (bicyclic) bond motifs is 1. The van der Waals surface area contributed by atoms with E-state index >= 15 is 0 Å². The normalized spacial score (nSPS) is 10.8. The Morgan fingerprint density at radius 1 is 1.42 bits per heavy atom. The summed E-state index contributed by atoms with van der Waals surface area (Å²) in [5, 5.41) is 4.90. The van der Waals surface area contributed by atoms with Crippen molar-refractivity contribution in [2.45, 2.75) is 6.92 Å². The molecule has 19 heavy (non-hydrogen) atoms. The lowest BCUT2D eigenvalue weighted by Gasteiger charge is -2.00. The molecule has 0 spiro atoms. The van der Waals surface area contributed by atoms with Gasteiger partial charge in [-0.2, -0.15) is 0 Å². The van der Waals surface area contributed by atoms with Crippen molar-refractivity contribution >= 4 is 16.9 Å². The van der Waals surface area contributed by atoms with Crippen LogP contribution in [0, 0.1) is 0 Å². The second kappa shape index (κ2) is 4.61. The second-order valence-electron chi connectivity index (χ2n) is 4.05. The molecule has 0 aliphatic carbocycles. The molecule has 5 nitrogen and oxygen atoms in total. The van der Waals surface area contributed by atoms with Crippen molar-refractivity contribution in [1.82, 2.24) is 10.1 Å². The van der Waals surface area contributed by atoms with Gasteiger partial charge in [-0.25, -0.2) is 4.79 Å². The van der Waals surface area contributed by atoms with E-state index in [0.717, 1.165) is 16.5 Å². The molecular formula is C14H12N2O3. The molecule has 3 rings (SSSR count). The number of carbonyl (C=O) groups is 1. The molecule has 2 heterocycles. The van der Waals surface area contributed by atoms with Crippen LogP contribution in [0.1, 0.15) is 17.3 Å². The van der Waals surface area contributed by atoms with Crippen molar-refractivity contribution in [2.24, 2.45) is 0 Å². The Kier molecular flexibility index (Phi) is 2.79. The number of ether oxygens (including phenoxy) is 1. The number of para-hydroxylation sites is 1. The Balaban J connectivity index is 2.12. The molecule has 0 aliphatic rings. The summed E-state index contributed by atoms with van der Waals surface area (Å²) in [5.41, 5.74) is 2.64. The Bertz CT molecular complexity index is 727. The Morgan fingerprint density at radius 3 is 3.11 bits per heavy atom. The van der Waals surface area contributed by atoms with Gasteiger partial charge < -0.3 is 14.2 Å². The summed E-state index contributed by atoms with van der Waals surface area (Å²) in [6.07, 6.45) is 3.13. The van der Waals surface area contributed by atoms with Crippen molar-refractivity contribution in [3.05, 3.63) is 42.3 Å². The van der Waals surface area contributed by atoms with Crippen LogP contribution in [0.3, 0.4) is 0 Å². The topological polar surface area (TPSA) is 68.1 Å². The predicted molar refractivity (Wildman–Crippen MR) is 69.8 cm³/mol. The fraction of sp³-hybridized carbons (Fsp3) is 0.143. The highest BCUT2D eigenvalue weighted by atomic mass is 16.5. The van der Waals surface area contributed by atoms with E-state index in [1.54, 1.807) is 6.92 Å². The second-order valence-corrected chi connectivity index (χ2v) is 4.05. The number of aromatic amines is 1. The standard InChI is InChI=1S/C14H12N2O3/c1-2-18-14(17)11-8-19-16-13(11)10-7-15-12-6-4-3-5-9(10)12/h3-8,15H,2H2,1H3. The van der Waals surface area contributed by atoms with E-state index in [4.69, 9.17) is 9.26 Å². The first-order chi connectivity index (χ1) is 9.31. The first-order valence-corrected chi connectivity index (χ1v) is 5.99. The van der Waals surface area contributed by atoms with Crippen molar-refractivity contribution < 1.29 is 14.1 Å². The van der Waals surface area contributed by atoms with Crippen LogP contribution < -0.4 is 0 Å². The molecule has 0 unspecified atom stereocenters. The fourth-order valence-corrected chi connectivity index (χ4v) is 2.05. The number of aromatic nitrogens is 2. The van der Waals surface area contributed by atoms with Gasteiger partial charge in [0.15, 0.2) is 0 Å². The summed E-state index contributed by atoms with van der Waals surface area (Å²) in [6, 6.07) is 7.80. The van der Waals surface area contributed by atoms with Crippen LogP contribution in [-0.4, -0.2) is 22.7 Å². The van der Waals surface area contributed by atoms with Crippen LogP contribution in [0.4, 0.5) is 0 Å². The lowest BCUT2D eigenvalue weighted by molar-refractivity contribution is 0.0526. The minimum atomic E-state index is -0.427. The SMILES string of the molecule is CCOC(=O)c1conc1-c1c[nH]c2ccccc12. The Hall–Kier alpha value is -2.56. The monoisotopic (exact) mass is 256 g/mol. The summed E-state index contributed by atoms with van der Waals surface area (Å²) < 4.78 is 9.91.